The van der Waals surface area contributed by atoms with Gasteiger partial charge in [-0.25, -0.2) is 9.97 Å². The molecule has 2 aromatic heterocycles. The van der Waals surface area contributed by atoms with Crippen molar-refractivity contribution in [3.63, 3.8) is 0 Å². The molecule has 1 aliphatic rings. The first-order valence-corrected chi connectivity index (χ1v) is 10.7. The Labute approximate surface area is 183 Å². The average molecular weight is 471 g/mol. The van der Waals surface area contributed by atoms with Crippen LogP contribution < -0.4 is 14.8 Å². The first kappa shape index (κ1) is 20.4. The predicted octanol–water partition coefficient (Wildman–Crippen LogP) is 4.37. The van der Waals surface area contributed by atoms with E-state index in [9.17, 15) is 4.79 Å². The van der Waals surface area contributed by atoms with Crippen molar-refractivity contribution < 1.29 is 14.3 Å². The van der Waals surface area contributed by atoms with Gasteiger partial charge in [-0.05, 0) is 46.6 Å². The van der Waals surface area contributed by atoms with Gasteiger partial charge in [-0.2, -0.15) is 0 Å². The zero-order chi connectivity index (χ0) is 21.1. The van der Waals surface area contributed by atoms with E-state index in [0.717, 1.165) is 46.4 Å². The largest absolute Gasteiger partial charge is 0.493 e. The van der Waals surface area contributed by atoms with Crippen LogP contribution in [0.4, 0.5) is 0 Å². The molecule has 1 amide bonds. The average Bonchev–Trinajstić information content (AvgIpc) is 3.20. The number of ether oxygens (including phenoxy) is 2. The number of benzene rings is 1. The number of amides is 1. The van der Waals surface area contributed by atoms with E-state index in [2.05, 4.69) is 38.1 Å². The lowest BCUT2D eigenvalue weighted by Crippen LogP contribution is -2.31. The van der Waals surface area contributed by atoms with Gasteiger partial charge >= 0.3 is 0 Å². The lowest BCUT2D eigenvalue weighted by atomic mass is 10.1. The molecule has 0 aliphatic carbocycles. The lowest BCUT2D eigenvalue weighted by molar-refractivity contribution is 0.0946. The van der Waals surface area contributed by atoms with E-state index in [-0.39, 0.29) is 5.91 Å². The molecule has 0 atom stereocenters. The van der Waals surface area contributed by atoms with E-state index < -0.39 is 0 Å². The summed E-state index contributed by atoms with van der Waals surface area (Å²) in [4.78, 5) is 24.5. The third-order valence-corrected chi connectivity index (χ3v) is 5.56. The van der Waals surface area contributed by atoms with E-state index in [1.807, 2.05) is 24.3 Å². The number of hydrogen-bond acceptors (Lipinski definition) is 5. The molecule has 7 nitrogen and oxygen atoms in total. The van der Waals surface area contributed by atoms with Crippen LogP contribution in [0.3, 0.4) is 0 Å². The zero-order valence-electron chi connectivity index (χ0n) is 16.9. The molecule has 4 rings (SSSR count). The SMILES string of the molecule is CCCCOc1c(Br)cc(-c2nccc(-c3cc4c([nH]3)CCNC4=O)n2)cc1OC. The minimum absolute atomic E-state index is 0.0552. The van der Waals surface area contributed by atoms with Crippen LogP contribution in [0.2, 0.25) is 0 Å². The van der Waals surface area contributed by atoms with Crippen molar-refractivity contribution in [3.05, 3.63) is 46.2 Å². The molecule has 0 fully saturated rings. The number of carbonyl (C=O) groups is 1. The van der Waals surface area contributed by atoms with Crippen molar-refractivity contribution in [2.45, 2.75) is 26.2 Å². The number of hydrogen-bond donors (Lipinski definition) is 2. The number of methoxy groups -OCH3 is 1. The van der Waals surface area contributed by atoms with Crippen LogP contribution in [-0.2, 0) is 6.42 Å². The molecule has 0 unspecified atom stereocenters. The molecule has 0 radical (unpaired) electrons. The first-order chi connectivity index (χ1) is 14.6. The monoisotopic (exact) mass is 470 g/mol. The summed E-state index contributed by atoms with van der Waals surface area (Å²) in [5, 5.41) is 2.86. The number of unbranched alkanes of at least 4 members (excludes halogenated alkanes) is 1. The highest BCUT2D eigenvalue weighted by molar-refractivity contribution is 9.10. The van der Waals surface area contributed by atoms with Crippen molar-refractivity contribution >= 4 is 21.8 Å². The number of fused-ring (bicyclic) bond motifs is 1. The fourth-order valence-corrected chi connectivity index (χ4v) is 3.94. The van der Waals surface area contributed by atoms with Gasteiger partial charge in [0.2, 0.25) is 0 Å². The molecule has 156 valence electrons. The molecule has 0 saturated carbocycles. The zero-order valence-corrected chi connectivity index (χ0v) is 18.5. The number of carbonyl (C=O) groups excluding carboxylic acids is 1. The van der Waals surface area contributed by atoms with Gasteiger partial charge in [0, 0.05) is 30.4 Å². The summed E-state index contributed by atoms with van der Waals surface area (Å²) >= 11 is 3.59. The smallest absolute Gasteiger partial charge is 0.253 e. The standard InChI is InChI=1S/C22H23BrN4O3/c1-3-4-9-30-20-15(23)10-13(11-19(20)29-2)21-24-7-6-17(27-21)18-12-14-16(26-18)5-8-25-22(14)28/h6-7,10-12,26H,3-5,8-9H2,1-2H3,(H,25,28). The molecular weight excluding hydrogens is 448 g/mol. The molecule has 2 N–H and O–H groups in total. The third kappa shape index (κ3) is 4.05. The van der Waals surface area contributed by atoms with Crippen molar-refractivity contribution in [2.24, 2.45) is 0 Å². The van der Waals surface area contributed by atoms with Crippen LogP contribution in [0, 0.1) is 0 Å². The fraction of sp³-hybridized carbons (Fsp3) is 0.318. The van der Waals surface area contributed by atoms with E-state index in [4.69, 9.17) is 14.5 Å². The summed E-state index contributed by atoms with van der Waals surface area (Å²) in [6.45, 7) is 3.39. The van der Waals surface area contributed by atoms with Crippen LogP contribution in [0.15, 0.2) is 34.9 Å². The minimum Gasteiger partial charge on any atom is -0.493 e. The van der Waals surface area contributed by atoms with Crippen LogP contribution in [0.5, 0.6) is 11.5 Å². The lowest BCUT2D eigenvalue weighted by Gasteiger charge is -2.14. The Kier molecular flexibility index (Phi) is 6.03. The topological polar surface area (TPSA) is 89.1 Å². The predicted molar refractivity (Wildman–Crippen MR) is 118 cm³/mol. The van der Waals surface area contributed by atoms with Gasteiger partial charge in [0.1, 0.15) is 0 Å². The van der Waals surface area contributed by atoms with Crippen molar-refractivity contribution in [1.29, 1.82) is 0 Å². The summed E-state index contributed by atoms with van der Waals surface area (Å²) in [5.74, 6) is 1.80. The van der Waals surface area contributed by atoms with Gasteiger partial charge in [0.25, 0.3) is 5.91 Å². The third-order valence-electron chi connectivity index (χ3n) is 4.97. The first-order valence-electron chi connectivity index (χ1n) is 9.95. The molecule has 30 heavy (non-hydrogen) atoms. The highest BCUT2D eigenvalue weighted by Gasteiger charge is 2.21. The number of H-pyrrole nitrogens is 1. The molecule has 0 saturated heterocycles. The van der Waals surface area contributed by atoms with Gasteiger partial charge in [0.15, 0.2) is 17.3 Å². The Bertz CT molecular complexity index is 1080. The Balaban J connectivity index is 1.67. The Hall–Kier alpha value is -2.87. The maximum absolute atomic E-state index is 12.1. The van der Waals surface area contributed by atoms with Crippen LogP contribution in [0.25, 0.3) is 22.8 Å². The van der Waals surface area contributed by atoms with Gasteiger partial charge in [-0.15, -0.1) is 0 Å². The molecule has 3 heterocycles. The number of nitrogens with one attached hydrogen (secondary N) is 2. The highest BCUT2D eigenvalue weighted by Crippen LogP contribution is 2.39. The number of aromatic nitrogens is 3. The highest BCUT2D eigenvalue weighted by atomic mass is 79.9. The van der Waals surface area contributed by atoms with E-state index in [0.29, 0.717) is 36.0 Å². The Morgan fingerprint density at radius 3 is 2.90 bits per heavy atom. The maximum Gasteiger partial charge on any atom is 0.253 e. The number of rotatable bonds is 7. The molecule has 3 aromatic rings. The molecule has 0 spiro atoms. The van der Waals surface area contributed by atoms with Crippen LogP contribution >= 0.6 is 15.9 Å². The fourth-order valence-electron chi connectivity index (χ4n) is 3.39. The minimum atomic E-state index is -0.0552. The van der Waals surface area contributed by atoms with Gasteiger partial charge in [-0.3, -0.25) is 4.79 Å². The second-order valence-corrected chi connectivity index (χ2v) is 7.89. The Morgan fingerprint density at radius 2 is 2.13 bits per heavy atom. The van der Waals surface area contributed by atoms with E-state index in [1.165, 1.54) is 0 Å². The maximum atomic E-state index is 12.1. The van der Waals surface area contributed by atoms with E-state index >= 15 is 0 Å². The van der Waals surface area contributed by atoms with Gasteiger partial charge in [0.05, 0.1) is 35.1 Å². The summed E-state index contributed by atoms with van der Waals surface area (Å²) in [6.07, 6.45) is 4.52. The van der Waals surface area contributed by atoms with Crippen molar-refractivity contribution in [3.8, 4) is 34.3 Å². The quantitative estimate of drug-likeness (QED) is 0.500. The molecule has 1 aliphatic heterocycles. The van der Waals surface area contributed by atoms with Crippen molar-refractivity contribution in [2.75, 3.05) is 20.3 Å². The van der Waals surface area contributed by atoms with Gasteiger partial charge in [-0.1, -0.05) is 13.3 Å². The molecule has 8 heteroatoms. The summed E-state index contributed by atoms with van der Waals surface area (Å²) in [6, 6.07) is 7.47. The summed E-state index contributed by atoms with van der Waals surface area (Å²) in [5.41, 5.74) is 3.94. The number of aromatic amines is 1. The van der Waals surface area contributed by atoms with Crippen molar-refractivity contribution in [1.82, 2.24) is 20.3 Å². The number of halogens is 1. The van der Waals surface area contributed by atoms with Crippen LogP contribution in [-0.4, -0.2) is 41.1 Å². The summed E-state index contributed by atoms with van der Waals surface area (Å²) in [7, 11) is 1.62. The second kappa shape index (κ2) is 8.87. The van der Waals surface area contributed by atoms with Gasteiger partial charge < -0.3 is 19.8 Å². The number of nitrogens with zero attached hydrogens (tertiary/aromatic N) is 2. The van der Waals surface area contributed by atoms with Crippen LogP contribution in [0.1, 0.15) is 35.8 Å². The molecule has 0 bridgehead atoms. The molecular formula is C22H23BrN4O3. The second-order valence-electron chi connectivity index (χ2n) is 7.04. The summed E-state index contributed by atoms with van der Waals surface area (Å²) < 4.78 is 12.2. The normalized spacial score (nSPS) is 13.0. The van der Waals surface area contributed by atoms with E-state index in [1.54, 1.807) is 13.3 Å². The molecule has 1 aromatic carbocycles. The Morgan fingerprint density at radius 1 is 1.27 bits per heavy atom.